The molecule has 0 saturated heterocycles. The van der Waals surface area contributed by atoms with Crippen LogP contribution in [0.4, 0.5) is 14.5 Å². The zero-order chi connectivity index (χ0) is 12.5. The Labute approximate surface area is 97.4 Å². The van der Waals surface area contributed by atoms with Gasteiger partial charge in [-0.2, -0.15) is 0 Å². The summed E-state index contributed by atoms with van der Waals surface area (Å²) in [7, 11) is 0. The summed E-state index contributed by atoms with van der Waals surface area (Å²) in [6.45, 7) is 1.09. The third kappa shape index (κ3) is 2.35. The predicted molar refractivity (Wildman–Crippen MR) is 55.3 cm³/mol. The van der Waals surface area contributed by atoms with Crippen molar-refractivity contribution >= 4 is 33.5 Å². The van der Waals surface area contributed by atoms with Gasteiger partial charge in [-0.15, -0.1) is 0 Å². The molecule has 16 heavy (non-hydrogen) atoms. The van der Waals surface area contributed by atoms with Crippen molar-refractivity contribution in [2.45, 2.75) is 6.92 Å². The number of anilines is 1. The van der Waals surface area contributed by atoms with E-state index in [9.17, 15) is 18.4 Å². The number of carbonyl (C=O) groups is 2. The summed E-state index contributed by atoms with van der Waals surface area (Å²) in [4.78, 5) is 21.5. The number of carboxylic acid groups (broad SMARTS) is 1. The number of halogens is 3. The topological polar surface area (TPSA) is 66.4 Å². The van der Waals surface area contributed by atoms with Crippen molar-refractivity contribution in [1.82, 2.24) is 0 Å². The zero-order valence-electron chi connectivity index (χ0n) is 7.97. The number of aromatic carboxylic acids is 1. The zero-order valence-corrected chi connectivity index (χ0v) is 9.56. The highest BCUT2D eigenvalue weighted by molar-refractivity contribution is 9.10. The van der Waals surface area contributed by atoms with Crippen LogP contribution in [-0.2, 0) is 4.79 Å². The second kappa shape index (κ2) is 4.56. The van der Waals surface area contributed by atoms with Crippen molar-refractivity contribution in [3.8, 4) is 0 Å². The van der Waals surface area contributed by atoms with Crippen LogP contribution in [0.5, 0.6) is 0 Å². The minimum absolute atomic E-state index is 0.527. The molecule has 0 aliphatic carbocycles. The fraction of sp³-hybridized carbons (Fsp3) is 0.111. The van der Waals surface area contributed by atoms with E-state index >= 15 is 0 Å². The van der Waals surface area contributed by atoms with E-state index in [-0.39, 0.29) is 0 Å². The standard InChI is InChI=1S/C9H6BrF2NO3/c1-3(14)13-8-4(9(15)16)2-5(11)6(10)7(8)12/h2H,1H3,(H,13,14)(H,15,16). The summed E-state index contributed by atoms with van der Waals surface area (Å²) in [5, 5.41) is 10.7. The fourth-order valence-electron chi connectivity index (χ4n) is 1.06. The van der Waals surface area contributed by atoms with Gasteiger partial charge in [0, 0.05) is 6.92 Å². The summed E-state index contributed by atoms with van der Waals surface area (Å²) < 4.78 is 26.0. The van der Waals surface area contributed by atoms with Crippen LogP contribution >= 0.6 is 15.9 Å². The minimum Gasteiger partial charge on any atom is -0.478 e. The van der Waals surface area contributed by atoms with Crippen LogP contribution < -0.4 is 5.32 Å². The Morgan fingerprint density at radius 3 is 2.44 bits per heavy atom. The molecular formula is C9H6BrF2NO3. The van der Waals surface area contributed by atoms with Crippen molar-refractivity contribution in [3.05, 3.63) is 27.7 Å². The first-order valence-corrected chi connectivity index (χ1v) is 4.82. The molecule has 0 radical (unpaired) electrons. The number of hydrogen-bond donors (Lipinski definition) is 2. The van der Waals surface area contributed by atoms with E-state index in [1.165, 1.54) is 0 Å². The molecule has 0 saturated carbocycles. The number of carbonyl (C=O) groups excluding carboxylic acids is 1. The Hall–Kier alpha value is -1.50. The van der Waals surface area contributed by atoms with Crippen molar-refractivity contribution in [3.63, 3.8) is 0 Å². The molecule has 4 nitrogen and oxygen atoms in total. The van der Waals surface area contributed by atoms with Crippen LogP contribution in [0.15, 0.2) is 10.5 Å². The van der Waals surface area contributed by atoms with Crippen LogP contribution in [0.3, 0.4) is 0 Å². The van der Waals surface area contributed by atoms with Gasteiger partial charge >= 0.3 is 5.97 Å². The van der Waals surface area contributed by atoms with Gasteiger partial charge in [-0.05, 0) is 22.0 Å². The Balaban J connectivity index is 3.47. The average Bonchev–Trinajstić information content (AvgIpc) is 2.17. The number of nitrogens with one attached hydrogen (secondary N) is 1. The lowest BCUT2D eigenvalue weighted by Gasteiger charge is -2.09. The third-order valence-corrected chi connectivity index (χ3v) is 2.42. The smallest absolute Gasteiger partial charge is 0.338 e. The molecule has 86 valence electrons. The second-order valence-corrected chi connectivity index (χ2v) is 3.69. The number of benzene rings is 1. The third-order valence-electron chi connectivity index (χ3n) is 1.69. The molecule has 1 aromatic carbocycles. The number of rotatable bonds is 2. The molecule has 7 heteroatoms. The summed E-state index contributed by atoms with van der Waals surface area (Å²) in [5.74, 6) is -4.40. The minimum atomic E-state index is -1.53. The molecule has 1 amide bonds. The van der Waals surface area contributed by atoms with Crippen molar-refractivity contribution in [1.29, 1.82) is 0 Å². The molecule has 0 aliphatic rings. The normalized spacial score (nSPS) is 10.0. The van der Waals surface area contributed by atoms with Crippen molar-refractivity contribution < 1.29 is 23.5 Å². The maximum Gasteiger partial charge on any atom is 0.338 e. The molecule has 0 unspecified atom stereocenters. The summed E-state index contributed by atoms with van der Waals surface area (Å²) in [6.07, 6.45) is 0. The molecule has 0 atom stereocenters. The lowest BCUT2D eigenvalue weighted by atomic mass is 10.1. The van der Waals surface area contributed by atoms with Gasteiger partial charge in [0.05, 0.1) is 15.7 Å². The Morgan fingerprint density at radius 2 is 2.00 bits per heavy atom. The van der Waals surface area contributed by atoms with E-state index in [1.54, 1.807) is 0 Å². The van der Waals surface area contributed by atoms with Crippen molar-refractivity contribution in [2.24, 2.45) is 0 Å². The quantitative estimate of drug-likeness (QED) is 0.823. The number of carboxylic acids is 1. The lowest BCUT2D eigenvalue weighted by molar-refractivity contribution is -0.114. The number of hydrogen-bond acceptors (Lipinski definition) is 2. The summed E-state index contributed by atoms with van der Waals surface area (Å²) in [5.41, 5.74) is -1.21. The van der Waals surface area contributed by atoms with E-state index in [1.807, 2.05) is 5.32 Å². The van der Waals surface area contributed by atoms with E-state index in [0.717, 1.165) is 6.92 Å². The highest BCUT2D eigenvalue weighted by atomic mass is 79.9. The van der Waals surface area contributed by atoms with Crippen LogP contribution in [0.2, 0.25) is 0 Å². The Bertz CT molecular complexity index is 476. The van der Waals surface area contributed by atoms with Gasteiger partial charge in [0.1, 0.15) is 5.82 Å². The summed E-state index contributed by atoms with van der Waals surface area (Å²) in [6, 6.07) is 0.626. The molecule has 0 fully saturated rings. The molecule has 0 bridgehead atoms. The lowest BCUT2D eigenvalue weighted by Crippen LogP contribution is -2.13. The van der Waals surface area contributed by atoms with Gasteiger partial charge in [0.25, 0.3) is 0 Å². The average molecular weight is 294 g/mol. The molecule has 2 N–H and O–H groups in total. The Morgan fingerprint density at radius 1 is 1.44 bits per heavy atom. The van der Waals surface area contributed by atoms with E-state index in [2.05, 4.69) is 15.9 Å². The van der Waals surface area contributed by atoms with Gasteiger partial charge in [0.15, 0.2) is 5.82 Å². The maximum absolute atomic E-state index is 13.5. The molecule has 1 rings (SSSR count). The van der Waals surface area contributed by atoms with Gasteiger partial charge in [-0.3, -0.25) is 4.79 Å². The van der Waals surface area contributed by atoms with E-state index in [4.69, 9.17) is 5.11 Å². The molecular weight excluding hydrogens is 288 g/mol. The monoisotopic (exact) mass is 293 g/mol. The largest absolute Gasteiger partial charge is 0.478 e. The predicted octanol–water partition coefficient (Wildman–Crippen LogP) is 2.38. The first-order valence-electron chi connectivity index (χ1n) is 4.03. The molecule has 0 aliphatic heterocycles. The fourth-order valence-corrected chi connectivity index (χ4v) is 1.37. The van der Waals surface area contributed by atoms with Gasteiger partial charge in [-0.1, -0.05) is 0 Å². The van der Waals surface area contributed by atoms with E-state index < -0.39 is 39.2 Å². The molecule has 0 aromatic heterocycles. The van der Waals surface area contributed by atoms with Gasteiger partial charge in [-0.25, -0.2) is 13.6 Å². The first kappa shape index (κ1) is 12.6. The van der Waals surface area contributed by atoms with E-state index in [0.29, 0.717) is 6.07 Å². The highest BCUT2D eigenvalue weighted by Crippen LogP contribution is 2.29. The maximum atomic E-state index is 13.5. The van der Waals surface area contributed by atoms with Crippen LogP contribution in [0.25, 0.3) is 0 Å². The molecule has 0 spiro atoms. The first-order chi connectivity index (χ1) is 7.34. The van der Waals surface area contributed by atoms with Crippen LogP contribution in [-0.4, -0.2) is 17.0 Å². The number of amides is 1. The Kier molecular flexibility index (Phi) is 3.58. The van der Waals surface area contributed by atoms with Crippen LogP contribution in [0, 0.1) is 11.6 Å². The molecule has 1 aromatic rings. The van der Waals surface area contributed by atoms with Gasteiger partial charge < -0.3 is 10.4 Å². The van der Waals surface area contributed by atoms with Gasteiger partial charge in [0.2, 0.25) is 5.91 Å². The second-order valence-electron chi connectivity index (χ2n) is 2.90. The highest BCUT2D eigenvalue weighted by Gasteiger charge is 2.21. The SMILES string of the molecule is CC(=O)Nc1c(C(=O)O)cc(F)c(Br)c1F. The van der Waals surface area contributed by atoms with Crippen molar-refractivity contribution in [2.75, 3.05) is 5.32 Å². The van der Waals surface area contributed by atoms with Crippen LogP contribution in [0.1, 0.15) is 17.3 Å². The summed E-state index contributed by atoms with van der Waals surface area (Å²) >= 11 is 2.61. The molecule has 0 heterocycles.